The van der Waals surface area contributed by atoms with Gasteiger partial charge in [-0.3, -0.25) is 4.79 Å². The maximum Gasteiger partial charge on any atom is 0.303 e. The van der Waals surface area contributed by atoms with Crippen molar-refractivity contribution in [2.75, 3.05) is 0 Å². The van der Waals surface area contributed by atoms with Gasteiger partial charge < -0.3 is 5.11 Å². The molecule has 0 aliphatic heterocycles. The lowest BCUT2D eigenvalue weighted by molar-refractivity contribution is -0.137. The SMILES string of the molecule is C=CCC(C=C)CCCCC(=O)O. The van der Waals surface area contributed by atoms with Crippen LogP contribution < -0.4 is 0 Å². The molecule has 74 valence electrons. The molecule has 0 saturated carbocycles. The van der Waals surface area contributed by atoms with E-state index in [2.05, 4.69) is 13.2 Å². The predicted octanol–water partition coefficient (Wildman–Crippen LogP) is 3.01. The number of unbranched alkanes of at least 4 members (excludes halogenated alkanes) is 1. The summed E-state index contributed by atoms with van der Waals surface area (Å²) in [7, 11) is 0. The Morgan fingerprint density at radius 3 is 2.54 bits per heavy atom. The standard InChI is InChI=1S/C11H18O2/c1-3-7-10(4-2)8-5-6-9-11(12)13/h3-4,10H,1-2,5-9H2,(H,12,13). The van der Waals surface area contributed by atoms with Crippen molar-refractivity contribution in [2.24, 2.45) is 5.92 Å². The Kier molecular flexibility index (Phi) is 6.98. The molecule has 0 aromatic carbocycles. The highest BCUT2D eigenvalue weighted by Gasteiger charge is 2.02. The van der Waals surface area contributed by atoms with E-state index in [9.17, 15) is 4.79 Å². The Morgan fingerprint density at radius 2 is 2.08 bits per heavy atom. The van der Waals surface area contributed by atoms with Crippen LogP contribution >= 0.6 is 0 Å². The first-order chi connectivity index (χ1) is 6.20. The number of carboxylic acids is 1. The van der Waals surface area contributed by atoms with Crippen molar-refractivity contribution >= 4 is 5.97 Å². The Morgan fingerprint density at radius 1 is 1.38 bits per heavy atom. The molecule has 0 heterocycles. The number of hydrogen-bond acceptors (Lipinski definition) is 1. The van der Waals surface area contributed by atoms with Crippen LogP contribution in [0, 0.1) is 5.92 Å². The van der Waals surface area contributed by atoms with Crippen LogP contribution in [0.25, 0.3) is 0 Å². The summed E-state index contributed by atoms with van der Waals surface area (Å²) in [4.78, 5) is 10.2. The van der Waals surface area contributed by atoms with E-state index in [1.807, 2.05) is 12.2 Å². The summed E-state index contributed by atoms with van der Waals surface area (Å²) in [5.74, 6) is -0.245. The molecule has 0 bridgehead atoms. The predicted molar refractivity (Wildman–Crippen MR) is 54.6 cm³/mol. The molecule has 2 nitrogen and oxygen atoms in total. The molecule has 0 rings (SSSR count). The second kappa shape index (κ2) is 7.59. The van der Waals surface area contributed by atoms with Crippen molar-refractivity contribution < 1.29 is 9.90 Å². The molecule has 0 spiro atoms. The third-order valence-electron chi connectivity index (χ3n) is 2.02. The van der Waals surface area contributed by atoms with Gasteiger partial charge in [-0.25, -0.2) is 0 Å². The second-order valence-corrected chi connectivity index (χ2v) is 3.16. The van der Waals surface area contributed by atoms with E-state index < -0.39 is 5.97 Å². The van der Waals surface area contributed by atoms with Gasteiger partial charge in [0.1, 0.15) is 0 Å². The Hall–Kier alpha value is -1.05. The summed E-state index contributed by atoms with van der Waals surface area (Å²) in [6.07, 6.45) is 7.75. The fourth-order valence-corrected chi connectivity index (χ4v) is 1.23. The number of allylic oxidation sites excluding steroid dienone is 2. The Balaban J connectivity index is 3.43. The lowest BCUT2D eigenvalue weighted by atomic mass is 9.98. The average Bonchev–Trinajstić information content (AvgIpc) is 2.10. The van der Waals surface area contributed by atoms with Crippen LogP contribution in [0.3, 0.4) is 0 Å². The molecule has 0 aromatic rings. The molecule has 13 heavy (non-hydrogen) atoms. The van der Waals surface area contributed by atoms with Gasteiger partial charge in [-0.15, -0.1) is 13.2 Å². The van der Waals surface area contributed by atoms with Crippen LogP contribution in [0.1, 0.15) is 32.1 Å². The highest BCUT2D eigenvalue weighted by Crippen LogP contribution is 2.14. The van der Waals surface area contributed by atoms with E-state index >= 15 is 0 Å². The van der Waals surface area contributed by atoms with Gasteiger partial charge in [0.25, 0.3) is 0 Å². The lowest BCUT2D eigenvalue weighted by Gasteiger charge is -2.08. The van der Waals surface area contributed by atoms with Gasteiger partial charge in [0.2, 0.25) is 0 Å². The largest absolute Gasteiger partial charge is 0.481 e. The zero-order valence-electron chi connectivity index (χ0n) is 8.04. The third-order valence-corrected chi connectivity index (χ3v) is 2.02. The average molecular weight is 182 g/mol. The maximum atomic E-state index is 10.2. The van der Waals surface area contributed by atoms with E-state index in [-0.39, 0.29) is 6.42 Å². The summed E-state index contributed by atoms with van der Waals surface area (Å²) in [6.45, 7) is 7.39. The molecular formula is C11H18O2. The summed E-state index contributed by atoms with van der Waals surface area (Å²) in [6, 6.07) is 0. The molecule has 0 saturated heterocycles. The zero-order chi connectivity index (χ0) is 10.1. The molecule has 2 heteroatoms. The molecule has 1 unspecified atom stereocenters. The number of carboxylic acid groups (broad SMARTS) is 1. The first-order valence-electron chi connectivity index (χ1n) is 4.66. The molecule has 1 N–H and O–H groups in total. The van der Waals surface area contributed by atoms with E-state index in [1.54, 1.807) is 0 Å². The fraction of sp³-hybridized carbons (Fsp3) is 0.545. The summed E-state index contributed by atoms with van der Waals surface area (Å²) in [5, 5.41) is 8.40. The van der Waals surface area contributed by atoms with Crippen molar-refractivity contribution in [2.45, 2.75) is 32.1 Å². The van der Waals surface area contributed by atoms with E-state index in [0.717, 1.165) is 25.7 Å². The molecular weight excluding hydrogens is 164 g/mol. The Labute approximate surface area is 80.0 Å². The van der Waals surface area contributed by atoms with Crippen LogP contribution in [0.2, 0.25) is 0 Å². The first kappa shape index (κ1) is 11.9. The van der Waals surface area contributed by atoms with E-state index in [4.69, 9.17) is 5.11 Å². The highest BCUT2D eigenvalue weighted by atomic mass is 16.4. The molecule has 0 aliphatic rings. The summed E-state index contributed by atoms with van der Waals surface area (Å²) < 4.78 is 0. The van der Waals surface area contributed by atoms with Crippen molar-refractivity contribution in [1.29, 1.82) is 0 Å². The van der Waals surface area contributed by atoms with Gasteiger partial charge in [0.05, 0.1) is 0 Å². The Bertz CT molecular complexity index is 173. The second-order valence-electron chi connectivity index (χ2n) is 3.16. The first-order valence-corrected chi connectivity index (χ1v) is 4.66. The van der Waals surface area contributed by atoms with Gasteiger partial charge >= 0.3 is 5.97 Å². The van der Waals surface area contributed by atoms with Gasteiger partial charge in [-0.2, -0.15) is 0 Å². The van der Waals surface area contributed by atoms with Crippen LogP contribution in [0.5, 0.6) is 0 Å². The van der Waals surface area contributed by atoms with Gasteiger partial charge in [-0.1, -0.05) is 18.6 Å². The normalized spacial score (nSPS) is 12.0. The van der Waals surface area contributed by atoms with Crippen molar-refractivity contribution in [1.82, 2.24) is 0 Å². The lowest BCUT2D eigenvalue weighted by Crippen LogP contribution is -1.97. The maximum absolute atomic E-state index is 10.2. The number of aliphatic carboxylic acids is 1. The third kappa shape index (κ3) is 7.32. The number of rotatable bonds is 8. The monoisotopic (exact) mass is 182 g/mol. The molecule has 0 radical (unpaired) electrons. The van der Waals surface area contributed by atoms with Crippen LogP contribution in [0.4, 0.5) is 0 Å². The topological polar surface area (TPSA) is 37.3 Å². The van der Waals surface area contributed by atoms with Gasteiger partial charge in [0, 0.05) is 6.42 Å². The van der Waals surface area contributed by atoms with Crippen LogP contribution in [-0.2, 0) is 4.79 Å². The number of carbonyl (C=O) groups is 1. The van der Waals surface area contributed by atoms with Gasteiger partial charge in [0.15, 0.2) is 0 Å². The summed E-state index contributed by atoms with van der Waals surface area (Å²) in [5.41, 5.74) is 0. The van der Waals surface area contributed by atoms with Crippen molar-refractivity contribution in [3.05, 3.63) is 25.3 Å². The van der Waals surface area contributed by atoms with Crippen molar-refractivity contribution in [3.8, 4) is 0 Å². The molecule has 0 amide bonds. The van der Waals surface area contributed by atoms with Crippen molar-refractivity contribution in [3.63, 3.8) is 0 Å². The minimum atomic E-state index is -0.709. The number of hydrogen-bond donors (Lipinski definition) is 1. The van der Waals surface area contributed by atoms with Gasteiger partial charge in [-0.05, 0) is 25.2 Å². The van der Waals surface area contributed by atoms with E-state index in [0.29, 0.717) is 5.92 Å². The highest BCUT2D eigenvalue weighted by molar-refractivity contribution is 5.66. The molecule has 0 aromatic heterocycles. The summed E-state index contributed by atoms with van der Waals surface area (Å²) >= 11 is 0. The minimum Gasteiger partial charge on any atom is -0.481 e. The fourth-order valence-electron chi connectivity index (χ4n) is 1.23. The smallest absolute Gasteiger partial charge is 0.303 e. The minimum absolute atomic E-state index is 0.276. The van der Waals surface area contributed by atoms with Crippen LogP contribution in [0.15, 0.2) is 25.3 Å². The van der Waals surface area contributed by atoms with Crippen LogP contribution in [-0.4, -0.2) is 11.1 Å². The quantitative estimate of drug-likeness (QED) is 0.463. The molecule has 0 aliphatic carbocycles. The van der Waals surface area contributed by atoms with E-state index in [1.165, 1.54) is 0 Å². The zero-order valence-corrected chi connectivity index (χ0v) is 8.04. The molecule has 0 fully saturated rings. The molecule has 1 atom stereocenters.